The Balaban J connectivity index is 1.75. The van der Waals surface area contributed by atoms with Gasteiger partial charge in [0.05, 0.1) is 0 Å². The van der Waals surface area contributed by atoms with Gasteiger partial charge in [-0.25, -0.2) is 0 Å². The van der Waals surface area contributed by atoms with Crippen LogP contribution in [0.2, 0.25) is 0 Å². The zero-order valence-electron chi connectivity index (χ0n) is 11.5. The molecule has 0 amide bonds. The topological polar surface area (TPSA) is 21.3 Å². The van der Waals surface area contributed by atoms with Crippen molar-refractivity contribution in [2.24, 2.45) is 0 Å². The van der Waals surface area contributed by atoms with Gasteiger partial charge in [-0.3, -0.25) is 0 Å². The first-order chi connectivity index (χ1) is 9.88. The Morgan fingerprint density at radius 3 is 2.60 bits per heavy atom. The summed E-state index contributed by atoms with van der Waals surface area (Å²) in [5, 5.41) is 3.44. The third-order valence-corrected chi connectivity index (χ3v) is 2.98. The first-order valence-corrected chi connectivity index (χ1v) is 6.78. The van der Waals surface area contributed by atoms with Crippen LogP contribution in [0.4, 0.5) is 0 Å². The van der Waals surface area contributed by atoms with Crippen molar-refractivity contribution in [3.8, 4) is 18.1 Å². The van der Waals surface area contributed by atoms with Crippen LogP contribution < -0.4 is 10.1 Å². The summed E-state index contributed by atoms with van der Waals surface area (Å²) in [6, 6.07) is 18.5. The highest BCUT2D eigenvalue weighted by Crippen LogP contribution is 2.12. The van der Waals surface area contributed by atoms with Gasteiger partial charge >= 0.3 is 0 Å². The molecule has 0 aromatic heterocycles. The highest BCUT2D eigenvalue weighted by Gasteiger charge is 1.97. The summed E-state index contributed by atoms with van der Waals surface area (Å²) >= 11 is 0. The molecule has 0 bridgehead atoms. The smallest absolute Gasteiger partial charge is 0.148 e. The van der Waals surface area contributed by atoms with E-state index in [0.29, 0.717) is 6.61 Å². The summed E-state index contributed by atoms with van der Waals surface area (Å²) in [7, 11) is 0. The van der Waals surface area contributed by atoms with Crippen LogP contribution in [-0.4, -0.2) is 13.2 Å². The fourth-order valence-corrected chi connectivity index (χ4v) is 1.98. The molecule has 0 heterocycles. The van der Waals surface area contributed by atoms with Gasteiger partial charge in [0.15, 0.2) is 0 Å². The van der Waals surface area contributed by atoms with Gasteiger partial charge in [0.1, 0.15) is 12.4 Å². The Hall–Kier alpha value is -2.24. The maximum absolute atomic E-state index is 5.41. The molecule has 2 aromatic carbocycles. The molecule has 2 heteroatoms. The van der Waals surface area contributed by atoms with Crippen molar-refractivity contribution >= 4 is 0 Å². The molecule has 0 aliphatic carbocycles. The zero-order valence-corrected chi connectivity index (χ0v) is 11.5. The Morgan fingerprint density at radius 1 is 1.00 bits per heavy atom. The predicted octanol–water partition coefficient (Wildman–Crippen LogP) is 3.03. The summed E-state index contributed by atoms with van der Waals surface area (Å²) in [5.41, 5.74) is 2.55. The van der Waals surface area contributed by atoms with E-state index in [4.69, 9.17) is 11.2 Å². The molecular formula is C18H19NO. The molecule has 2 rings (SSSR count). The number of rotatable bonds is 7. The van der Waals surface area contributed by atoms with E-state index >= 15 is 0 Å². The molecule has 0 fully saturated rings. The Bertz CT molecular complexity index is 557. The highest BCUT2D eigenvalue weighted by atomic mass is 16.5. The van der Waals surface area contributed by atoms with Gasteiger partial charge in [-0.1, -0.05) is 48.4 Å². The summed E-state index contributed by atoms with van der Waals surface area (Å²) < 4.78 is 5.41. The Kier molecular flexibility index (Phi) is 5.70. The molecule has 0 saturated heterocycles. The minimum atomic E-state index is 0.310. The van der Waals surface area contributed by atoms with Crippen molar-refractivity contribution in [1.29, 1.82) is 0 Å². The molecule has 0 atom stereocenters. The molecule has 0 saturated carbocycles. The first kappa shape index (κ1) is 14.2. The van der Waals surface area contributed by atoms with Gasteiger partial charge in [0.2, 0.25) is 0 Å². The van der Waals surface area contributed by atoms with Gasteiger partial charge in [-0.2, -0.15) is 0 Å². The average molecular weight is 265 g/mol. The fourth-order valence-electron chi connectivity index (χ4n) is 1.98. The molecule has 2 nitrogen and oxygen atoms in total. The van der Waals surface area contributed by atoms with Gasteiger partial charge in [0, 0.05) is 6.54 Å². The molecule has 2 aromatic rings. The number of ether oxygens (including phenoxy) is 1. The fraction of sp³-hybridized carbons (Fsp3) is 0.222. The lowest BCUT2D eigenvalue weighted by Crippen LogP contribution is -2.16. The molecule has 0 aliphatic heterocycles. The van der Waals surface area contributed by atoms with Crippen LogP contribution in [0.1, 0.15) is 11.1 Å². The molecule has 102 valence electrons. The number of terminal acetylenes is 1. The molecule has 0 spiro atoms. The van der Waals surface area contributed by atoms with Gasteiger partial charge in [0.25, 0.3) is 0 Å². The molecule has 0 radical (unpaired) electrons. The van der Waals surface area contributed by atoms with E-state index in [1.54, 1.807) is 0 Å². The summed E-state index contributed by atoms with van der Waals surface area (Å²) in [5.74, 6) is 3.29. The van der Waals surface area contributed by atoms with Gasteiger partial charge in [-0.15, -0.1) is 6.42 Å². The zero-order chi connectivity index (χ0) is 14.0. The number of hydrogen-bond donors (Lipinski definition) is 1. The number of hydrogen-bond acceptors (Lipinski definition) is 2. The lowest BCUT2D eigenvalue weighted by atomic mass is 10.1. The van der Waals surface area contributed by atoms with Crippen molar-refractivity contribution in [3.63, 3.8) is 0 Å². The van der Waals surface area contributed by atoms with Crippen LogP contribution in [0.25, 0.3) is 0 Å². The monoisotopic (exact) mass is 265 g/mol. The van der Waals surface area contributed by atoms with Gasteiger partial charge < -0.3 is 10.1 Å². The highest BCUT2D eigenvalue weighted by molar-refractivity contribution is 5.28. The summed E-state index contributed by atoms with van der Waals surface area (Å²) in [6.45, 7) is 2.10. The van der Waals surface area contributed by atoms with Crippen LogP contribution in [0.3, 0.4) is 0 Å². The van der Waals surface area contributed by atoms with E-state index in [1.165, 1.54) is 11.1 Å². The SMILES string of the molecule is C#CCOc1cccc(CNCCc2ccccc2)c1. The molecule has 20 heavy (non-hydrogen) atoms. The lowest BCUT2D eigenvalue weighted by molar-refractivity contribution is 0.370. The molecule has 1 N–H and O–H groups in total. The normalized spacial score (nSPS) is 9.95. The van der Waals surface area contributed by atoms with Crippen LogP contribution in [-0.2, 0) is 13.0 Å². The maximum atomic E-state index is 5.41. The second-order valence-corrected chi connectivity index (χ2v) is 4.55. The van der Waals surface area contributed by atoms with E-state index in [-0.39, 0.29) is 0 Å². The standard InChI is InChI=1S/C18H19NO/c1-2-13-20-18-10-6-9-17(14-18)15-19-12-11-16-7-4-3-5-8-16/h1,3-10,14,19H,11-13,15H2. The number of benzene rings is 2. The van der Waals surface area contributed by atoms with Crippen LogP contribution >= 0.6 is 0 Å². The van der Waals surface area contributed by atoms with Crippen molar-refractivity contribution in [3.05, 3.63) is 65.7 Å². The summed E-state index contributed by atoms with van der Waals surface area (Å²) in [6.07, 6.45) is 6.22. The second kappa shape index (κ2) is 8.04. The quantitative estimate of drug-likeness (QED) is 0.614. The van der Waals surface area contributed by atoms with Crippen molar-refractivity contribution in [1.82, 2.24) is 5.32 Å². The van der Waals surface area contributed by atoms with Crippen molar-refractivity contribution < 1.29 is 4.74 Å². The van der Waals surface area contributed by atoms with E-state index in [0.717, 1.165) is 25.3 Å². The summed E-state index contributed by atoms with van der Waals surface area (Å²) in [4.78, 5) is 0. The van der Waals surface area contributed by atoms with Crippen LogP contribution in [0.5, 0.6) is 5.75 Å². The van der Waals surface area contributed by atoms with E-state index in [9.17, 15) is 0 Å². The van der Waals surface area contributed by atoms with Crippen molar-refractivity contribution in [2.75, 3.05) is 13.2 Å². The van der Waals surface area contributed by atoms with Crippen LogP contribution in [0, 0.1) is 12.3 Å². The third-order valence-electron chi connectivity index (χ3n) is 2.98. The molecule has 0 unspecified atom stereocenters. The largest absolute Gasteiger partial charge is 0.481 e. The average Bonchev–Trinajstić information content (AvgIpc) is 2.51. The molecule has 0 aliphatic rings. The third kappa shape index (κ3) is 4.79. The predicted molar refractivity (Wildman–Crippen MR) is 82.6 cm³/mol. The number of nitrogens with one attached hydrogen (secondary N) is 1. The first-order valence-electron chi connectivity index (χ1n) is 6.78. The van der Waals surface area contributed by atoms with Gasteiger partial charge in [-0.05, 0) is 36.2 Å². The van der Waals surface area contributed by atoms with E-state index in [1.807, 2.05) is 24.3 Å². The Morgan fingerprint density at radius 2 is 1.80 bits per heavy atom. The maximum Gasteiger partial charge on any atom is 0.148 e. The van der Waals surface area contributed by atoms with E-state index in [2.05, 4.69) is 41.6 Å². The minimum Gasteiger partial charge on any atom is -0.481 e. The molecular weight excluding hydrogens is 246 g/mol. The lowest BCUT2D eigenvalue weighted by Gasteiger charge is -2.07. The van der Waals surface area contributed by atoms with Crippen LogP contribution in [0.15, 0.2) is 54.6 Å². The Labute approximate surface area is 120 Å². The second-order valence-electron chi connectivity index (χ2n) is 4.55. The van der Waals surface area contributed by atoms with E-state index < -0.39 is 0 Å². The minimum absolute atomic E-state index is 0.310. The van der Waals surface area contributed by atoms with Crippen molar-refractivity contribution in [2.45, 2.75) is 13.0 Å².